The number of nitrogens with one attached hydrogen (secondary N) is 1. The number of methoxy groups -OCH3 is 1. The van der Waals surface area contributed by atoms with E-state index in [1.165, 1.54) is 11.8 Å². The Kier molecular flexibility index (Phi) is 4.69. The van der Waals surface area contributed by atoms with Crippen molar-refractivity contribution in [2.24, 2.45) is 0 Å². The monoisotopic (exact) mass is 460 g/mol. The van der Waals surface area contributed by atoms with Gasteiger partial charge in [0.05, 0.1) is 12.8 Å². The lowest BCUT2D eigenvalue weighted by atomic mass is 9.86. The number of para-hydroxylation sites is 1. The van der Waals surface area contributed by atoms with Crippen LogP contribution in [0, 0.1) is 0 Å². The lowest BCUT2D eigenvalue weighted by molar-refractivity contribution is 0.226. The van der Waals surface area contributed by atoms with Crippen molar-refractivity contribution in [2.75, 3.05) is 18.7 Å². The van der Waals surface area contributed by atoms with Crippen LogP contribution in [0.4, 0.5) is 5.95 Å². The average Bonchev–Trinajstić information content (AvgIpc) is 3.52. The number of hydrogen-bond acceptors (Lipinski definition) is 7. The maximum atomic E-state index is 6.61. The molecule has 6 rings (SSSR count). The van der Waals surface area contributed by atoms with Crippen LogP contribution in [0.15, 0.2) is 76.8 Å². The molecule has 32 heavy (non-hydrogen) atoms. The summed E-state index contributed by atoms with van der Waals surface area (Å²) in [6.07, 6.45) is 1.76. The van der Waals surface area contributed by atoms with E-state index >= 15 is 0 Å². The van der Waals surface area contributed by atoms with Crippen LogP contribution in [0.2, 0.25) is 0 Å². The molecule has 0 saturated carbocycles. The zero-order valence-corrected chi connectivity index (χ0v) is 19.1. The Labute approximate surface area is 193 Å². The second-order valence-corrected chi connectivity index (χ2v) is 9.26. The first-order valence-corrected chi connectivity index (χ1v) is 12.3. The predicted molar refractivity (Wildman–Crippen MR) is 128 cm³/mol. The number of fused-ring (bicyclic) bond motifs is 3. The minimum Gasteiger partial charge on any atom is -0.497 e. The number of hydrogen-bond donors (Lipinski definition) is 1. The third-order valence-electron chi connectivity index (χ3n) is 5.78. The third-order valence-corrected chi connectivity index (χ3v) is 7.23. The molecule has 2 aromatic carbocycles. The minimum absolute atomic E-state index is 0.166. The smallest absolute Gasteiger partial charge is 0.227 e. The van der Waals surface area contributed by atoms with Crippen LogP contribution in [-0.2, 0) is 0 Å². The van der Waals surface area contributed by atoms with Crippen LogP contribution in [0.3, 0.4) is 0 Å². The zero-order chi connectivity index (χ0) is 21.7. The van der Waals surface area contributed by atoms with Crippen molar-refractivity contribution in [3.63, 3.8) is 0 Å². The van der Waals surface area contributed by atoms with Gasteiger partial charge in [-0.05, 0) is 47.5 Å². The van der Waals surface area contributed by atoms with Gasteiger partial charge in [0.25, 0.3) is 0 Å². The van der Waals surface area contributed by atoms with Crippen LogP contribution >= 0.6 is 23.1 Å². The number of benzene rings is 2. The topological polar surface area (TPSA) is 61.2 Å². The molecule has 2 atom stereocenters. The number of rotatable bonds is 4. The van der Waals surface area contributed by atoms with Crippen LogP contribution < -0.4 is 14.8 Å². The summed E-state index contributed by atoms with van der Waals surface area (Å²) in [6.45, 7) is 0. The second kappa shape index (κ2) is 7.72. The zero-order valence-electron chi connectivity index (χ0n) is 17.5. The van der Waals surface area contributed by atoms with Crippen molar-refractivity contribution < 1.29 is 9.47 Å². The van der Waals surface area contributed by atoms with Crippen LogP contribution in [-0.4, -0.2) is 28.1 Å². The first-order valence-electron chi connectivity index (χ1n) is 10.2. The fourth-order valence-corrected chi connectivity index (χ4v) is 5.45. The predicted octanol–water partition coefficient (Wildman–Crippen LogP) is 5.63. The van der Waals surface area contributed by atoms with Crippen LogP contribution in [0.25, 0.3) is 5.70 Å². The molecule has 1 N–H and O–H groups in total. The van der Waals surface area contributed by atoms with Crippen molar-refractivity contribution in [1.82, 2.24) is 14.8 Å². The van der Waals surface area contributed by atoms with Crippen molar-refractivity contribution in [3.8, 4) is 11.5 Å². The summed E-state index contributed by atoms with van der Waals surface area (Å²) in [5.41, 5.74) is 4.30. The molecule has 0 saturated heterocycles. The molecule has 0 bridgehead atoms. The van der Waals surface area contributed by atoms with E-state index in [4.69, 9.17) is 19.6 Å². The van der Waals surface area contributed by atoms with Gasteiger partial charge in [0.2, 0.25) is 11.1 Å². The van der Waals surface area contributed by atoms with Gasteiger partial charge in [-0.1, -0.05) is 42.1 Å². The molecule has 160 valence electrons. The summed E-state index contributed by atoms with van der Waals surface area (Å²) in [5, 5.41) is 11.2. The Hall–Kier alpha value is -3.23. The highest BCUT2D eigenvalue weighted by molar-refractivity contribution is 7.98. The first kappa shape index (κ1) is 19.5. The van der Waals surface area contributed by atoms with Gasteiger partial charge in [-0.25, -0.2) is 4.68 Å². The van der Waals surface area contributed by atoms with E-state index in [1.54, 1.807) is 18.4 Å². The Morgan fingerprint density at radius 1 is 1.09 bits per heavy atom. The number of thioether (sulfide) groups is 1. The lowest BCUT2D eigenvalue weighted by Gasteiger charge is -2.38. The Bertz CT molecular complexity index is 1310. The SMILES string of the molecule is COc1ccc(C2C3=C(Nc4nc(SC)nn42)c2ccccc2OC3c2cccs2)cc1. The molecular formula is C24H20N4O2S2. The highest BCUT2D eigenvalue weighted by Gasteiger charge is 2.41. The van der Waals surface area contributed by atoms with E-state index in [1.807, 2.05) is 41.3 Å². The van der Waals surface area contributed by atoms with E-state index in [0.717, 1.165) is 49.9 Å². The third kappa shape index (κ3) is 3.02. The van der Waals surface area contributed by atoms with Crippen molar-refractivity contribution >= 4 is 34.7 Å². The van der Waals surface area contributed by atoms with E-state index in [-0.39, 0.29) is 12.1 Å². The number of nitrogens with zero attached hydrogens (tertiary/aromatic N) is 3. The number of aromatic nitrogens is 3. The Morgan fingerprint density at radius 2 is 1.94 bits per heavy atom. The highest BCUT2D eigenvalue weighted by Crippen LogP contribution is 2.51. The fourth-order valence-electron chi connectivity index (χ4n) is 4.33. The normalized spacial score (nSPS) is 18.8. The van der Waals surface area contributed by atoms with Crippen LogP contribution in [0.5, 0.6) is 11.5 Å². The summed E-state index contributed by atoms with van der Waals surface area (Å²) in [7, 11) is 1.68. The largest absolute Gasteiger partial charge is 0.497 e. The van der Waals surface area contributed by atoms with Gasteiger partial charge < -0.3 is 14.8 Å². The molecule has 6 nitrogen and oxygen atoms in total. The van der Waals surface area contributed by atoms with Gasteiger partial charge >= 0.3 is 0 Å². The van der Waals surface area contributed by atoms with Crippen molar-refractivity contribution in [3.05, 3.63) is 87.6 Å². The molecule has 2 aliphatic heterocycles. The van der Waals surface area contributed by atoms with Gasteiger partial charge in [0, 0.05) is 16.0 Å². The van der Waals surface area contributed by atoms with Gasteiger partial charge in [-0.15, -0.1) is 16.4 Å². The second-order valence-electron chi connectivity index (χ2n) is 7.51. The van der Waals surface area contributed by atoms with E-state index < -0.39 is 0 Å². The molecule has 0 spiro atoms. The average molecular weight is 461 g/mol. The van der Waals surface area contributed by atoms with Crippen molar-refractivity contribution in [2.45, 2.75) is 17.3 Å². The molecule has 0 amide bonds. The fraction of sp³-hybridized carbons (Fsp3) is 0.167. The van der Waals surface area contributed by atoms with Gasteiger partial charge in [-0.2, -0.15) is 4.98 Å². The maximum absolute atomic E-state index is 6.61. The molecule has 4 aromatic rings. The summed E-state index contributed by atoms with van der Waals surface area (Å²) < 4.78 is 14.0. The number of anilines is 1. The molecule has 2 aromatic heterocycles. The molecule has 2 aliphatic rings. The van der Waals surface area contributed by atoms with Gasteiger partial charge in [0.15, 0.2) is 6.10 Å². The van der Waals surface area contributed by atoms with Gasteiger partial charge in [-0.3, -0.25) is 0 Å². The van der Waals surface area contributed by atoms with Crippen molar-refractivity contribution in [1.29, 1.82) is 0 Å². The molecule has 0 aliphatic carbocycles. The summed E-state index contributed by atoms with van der Waals surface area (Å²) in [4.78, 5) is 5.89. The van der Waals surface area contributed by atoms with E-state index in [0.29, 0.717) is 0 Å². The number of ether oxygens (including phenoxy) is 2. The summed E-state index contributed by atoms with van der Waals surface area (Å²) in [5.74, 6) is 2.42. The van der Waals surface area contributed by atoms with Crippen LogP contribution in [0.1, 0.15) is 28.1 Å². The Balaban J connectivity index is 1.61. The Morgan fingerprint density at radius 3 is 2.69 bits per heavy atom. The number of thiophene rings is 1. The highest BCUT2D eigenvalue weighted by atomic mass is 32.2. The molecule has 2 unspecified atom stereocenters. The molecule has 0 fully saturated rings. The summed E-state index contributed by atoms with van der Waals surface area (Å²) >= 11 is 3.23. The maximum Gasteiger partial charge on any atom is 0.227 e. The molecule has 4 heterocycles. The minimum atomic E-state index is -0.227. The lowest BCUT2D eigenvalue weighted by Crippen LogP contribution is -2.32. The molecule has 0 radical (unpaired) electrons. The standard InChI is InChI=1S/C24H20N4O2S2/c1-29-15-11-9-14(10-12-15)21-19-20(25-23-26-24(31-2)27-28(21)23)16-6-3-4-7-17(16)30-22(19)18-8-5-13-32-18/h3-13,21-22H,1-2H3,(H,25,26,27). The molecule has 8 heteroatoms. The van der Waals surface area contributed by atoms with E-state index in [9.17, 15) is 0 Å². The molecular weight excluding hydrogens is 440 g/mol. The summed E-state index contributed by atoms with van der Waals surface area (Å²) in [6, 6.07) is 20.3. The first-order chi connectivity index (χ1) is 15.8. The van der Waals surface area contributed by atoms with E-state index in [2.05, 4.69) is 41.0 Å². The quantitative estimate of drug-likeness (QED) is 0.398. The van der Waals surface area contributed by atoms with Gasteiger partial charge in [0.1, 0.15) is 17.5 Å².